The molecule has 0 radical (unpaired) electrons. The SMILES string of the molecule is OC(Cc1ccc(Br)cc1Cl)c1cc(Br)c(Br)o1. The van der Waals surface area contributed by atoms with Crippen molar-refractivity contribution < 1.29 is 9.52 Å². The van der Waals surface area contributed by atoms with Crippen molar-refractivity contribution >= 4 is 59.4 Å². The Labute approximate surface area is 135 Å². The molecule has 0 aliphatic carbocycles. The fourth-order valence-electron chi connectivity index (χ4n) is 1.52. The second kappa shape index (κ2) is 6.09. The molecule has 1 unspecified atom stereocenters. The first-order valence-electron chi connectivity index (χ1n) is 5.04. The van der Waals surface area contributed by atoms with Gasteiger partial charge in [0.2, 0.25) is 0 Å². The van der Waals surface area contributed by atoms with Gasteiger partial charge in [0.1, 0.15) is 11.9 Å². The molecule has 1 N–H and O–H groups in total. The average molecular weight is 459 g/mol. The zero-order valence-corrected chi connectivity index (χ0v) is 14.5. The summed E-state index contributed by atoms with van der Waals surface area (Å²) in [6, 6.07) is 7.31. The summed E-state index contributed by atoms with van der Waals surface area (Å²) in [6.07, 6.45) is -0.329. The molecular weight excluding hydrogens is 451 g/mol. The maximum atomic E-state index is 10.1. The van der Waals surface area contributed by atoms with E-state index in [4.69, 9.17) is 16.0 Å². The van der Waals surface area contributed by atoms with Crippen LogP contribution in [0.2, 0.25) is 5.02 Å². The number of furan rings is 1. The Bertz CT molecular complexity index is 549. The van der Waals surface area contributed by atoms with Gasteiger partial charge in [-0.15, -0.1) is 0 Å². The van der Waals surface area contributed by atoms with E-state index in [0.717, 1.165) is 14.5 Å². The molecule has 0 saturated heterocycles. The van der Waals surface area contributed by atoms with Crippen molar-refractivity contribution in [1.82, 2.24) is 0 Å². The predicted octanol–water partition coefficient (Wildman–Crippen LogP) is 5.50. The van der Waals surface area contributed by atoms with Gasteiger partial charge in [-0.1, -0.05) is 33.6 Å². The highest BCUT2D eigenvalue weighted by Crippen LogP contribution is 2.32. The monoisotopic (exact) mass is 456 g/mol. The Morgan fingerprint density at radius 1 is 1.22 bits per heavy atom. The second-order valence-corrected chi connectivity index (χ2v) is 6.62. The molecule has 1 atom stereocenters. The van der Waals surface area contributed by atoms with Gasteiger partial charge in [-0.05, 0) is 55.6 Å². The maximum Gasteiger partial charge on any atom is 0.183 e. The molecule has 0 spiro atoms. The number of benzene rings is 1. The fourth-order valence-corrected chi connectivity index (χ4v) is 2.88. The molecule has 1 aromatic heterocycles. The largest absolute Gasteiger partial charge is 0.450 e. The third kappa shape index (κ3) is 3.39. The first kappa shape index (κ1) is 14.6. The maximum absolute atomic E-state index is 10.1. The lowest BCUT2D eigenvalue weighted by molar-refractivity contribution is 0.149. The van der Waals surface area contributed by atoms with Crippen molar-refractivity contribution in [3.8, 4) is 0 Å². The zero-order chi connectivity index (χ0) is 13.3. The van der Waals surface area contributed by atoms with Crippen LogP contribution in [-0.2, 0) is 6.42 Å². The summed E-state index contributed by atoms with van der Waals surface area (Å²) in [5, 5.41) is 10.7. The molecule has 0 fully saturated rings. The Kier molecular flexibility index (Phi) is 4.94. The van der Waals surface area contributed by atoms with E-state index in [2.05, 4.69) is 47.8 Å². The van der Waals surface area contributed by atoms with E-state index in [1.807, 2.05) is 12.1 Å². The molecule has 1 aromatic carbocycles. The average Bonchev–Trinajstić information content (AvgIpc) is 2.63. The molecule has 0 amide bonds. The lowest BCUT2D eigenvalue weighted by Crippen LogP contribution is -2.01. The van der Waals surface area contributed by atoms with Gasteiger partial charge in [0.05, 0.1) is 4.47 Å². The molecule has 0 aliphatic rings. The molecule has 6 heteroatoms. The third-order valence-corrected chi connectivity index (χ3v) is 4.98. The number of aliphatic hydroxyl groups is 1. The van der Waals surface area contributed by atoms with Crippen LogP contribution in [0.15, 0.2) is 42.3 Å². The molecular formula is C12H8Br3ClO2. The van der Waals surface area contributed by atoms with Crippen LogP contribution in [-0.4, -0.2) is 5.11 Å². The van der Waals surface area contributed by atoms with E-state index >= 15 is 0 Å². The van der Waals surface area contributed by atoms with Crippen LogP contribution in [0.5, 0.6) is 0 Å². The summed E-state index contributed by atoms with van der Waals surface area (Å²) < 4.78 is 7.63. The molecule has 2 rings (SSSR count). The Morgan fingerprint density at radius 3 is 2.50 bits per heavy atom. The second-order valence-electron chi connectivity index (χ2n) is 3.73. The van der Waals surface area contributed by atoms with Crippen LogP contribution in [0.4, 0.5) is 0 Å². The molecule has 1 heterocycles. The fraction of sp³-hybridized carbons (Fsp3) is 0.167. The predicted molar refractivity (Wildman–Crippen MR) is 81.9 cm³/mol. The lowest BCUT2D eigenvalue weighted by Gasteiger charge is -2.09. The minimum Gasteiger partial charge on any atom is -0.450 e. The topological polar surface area (TPSA) is 33.4 Å². The van der Waals surface area contributed by atoms with E-state index in [9.17, 15) is 5.11 Å². The zero-order valence-electron chi connectivity index (χ0n) is 8.96. The molecule has 2 aromatic rings. The Balaban J connectivity index is 2.18. The summed E-state index contributed by atoms with van der Waals surface area (Å²) in [6.45, 7) is 0. The lowest BCUT2D eigenvalue weighted by atomic mass is 10.1. The van der Waals surface area contributed by atoms with Crippen molar-refractivity contribution in [2.24, 2.45) is 0 Å². The van der Waals surface area contributed by atoms with Gasteiger partial charge in [0.15, 0.2) is 4.67 Å². The van der Waals surface area contributed by atoms with Gasteiger partial charge >= 0.3 is 0 Å². The van der Waals surface area contributed by atoms with E-state index in [-0.39, 0.29) is 0 Å². The van der Waals surface area contributed by atoms with Crippen LogP contribution >= 0.6 is 59.4 Å². The van der Waals surface area contributed by atoms with Crippen molar-refractivity contribution in [2.45, 2.75) is 12.5 Å². The smallest absolute Gasteiger partial charge is 0.183 e. The standard InChI is InChI=1S/C12H8Br3ClO2/c13-7-2-1-6(9(16)4-7)3-10(17)11-5-8(14)12(15)18-11/h1-2,4-5,10,17H,3H2. The summed E-state index contributed by atoms with van der Waals surface area (Å²) in [7, 11) is 0. The van der Waals surface area contributed by atoms with Gasteiger partial charge in [0, 0.05) is 15.9 Å². The summed E-state index contributed by atoms with van der Waals surface area (Å²) >= 11 is 16.0. The quantitative estimate of drug-likeness (QED) is 0.658. The Hall–Kier alpha value is 0.190. The molecule has 96 valence electrons. The summed E-state index contributed by atoms with van der Waals surface area (Å²) in [5.74, 6) is 0.493. The van der Waals surface area contributed by atoms with Gasteiger partial charge in [-0.3, -0.25) is 0 Å². The van der Waals surface area contributed by atoms with Gasteiger partial charge < -0.3 is 9.52 Å². The van der Waals surface area contributed by atoms with Crippen LogP contribution in [0.25, 0.3) is 0 Å². The van der Waals surface area contributed by atoms with Gasteiger partial charge in [0.25, 0.3) is 0 Å². The van der Waals surface area contributed by atoms with Crippen LogP contribution in [0.1, 0.15) is 17.4 Å². The van der Waals surface area contributed by atoms with Crippen molar-refractivity contribution in [2.75, 3.05) is 0 Å². The molecule has 18 heavy (non-hydrogen) atoms. The number of hydrogen-bond acceptors (Lipinski definition) is 2. The third-order valence-electron chi connectivity index (χ3n) is 2.42. The minimum atomic E-state index is -0.730. The number of rotatable bonds is 3. The molecule has 0 aliphatic heterocycles. The van der Waals surface area contributed by atoms with Crippen LogP contribution in [0.3, 0.4) is 0 Å². The van der Waals surface area contributed by atoms with E-state index in [1.165, 1.54) is 0 Å². The van der Waals surface area contributed by atoms with Crippen LogP contribution < -0.4 is 0 Å². The number of aliphatic hydroxyl groups excluding tert-OH is 1. The van der Waals surface area contributed by atoms with Gasteiger partial charge in [-0.25, -0.2) is 0 Å². The van der Waals surface area contributed by atoms with E-state index < -0.39 is 6.10 Å². The molecule has 0 saturated carbocycles. The summed E-state index contributed by atoms with van der Waals surface area (Å²) in [4.78, 5) is 0. The normalized spacial score (nSPS) is 12.7. The number of hydrogen-bond donors (Lipinski definition) is 1. The molecule has 0 bridgehead atoms. The van der Waals surface area contributed by atoms with Crippen molar-refractivity contribution in [3.05, 3.63) is 54.2 Å². The highest BCUT2D eigenvalue weighted by Gasteiger charge is 2.16. The van der Waals surface area contributed by atoms with Crippen LogP contribution in [0, 0.1) is 0 Å². The highest BCUT2D eigenvalue weighted by atomic mass is 79.9. The van der Waals surface area contributed by atoms with Crippen molar-refractivity contribution in [1.29, 1.82) is 0 Å². The first-order valence-corrected chi connectivity index (χ1v) is 7.80. The number of halogens is 4. The van der Waals surface area contributed by atoms with E-state index in [1.54, 1.807) is 12.1 Å². The van der Waals surface area contributed by atoms with Gasteiger partial charge in [-0.2, -0.15) is 0 Å². The summed E-state index contributed by atoms with van der Waals surface area (Å²) in [5.41, 5.74) is 0.871. The molecule has 2 nitrogen and oxygen atoms in total. The minimum absolute atomic E-state index is 0.401. The highest BCUT2D eigenvalue weighted by molar-refractivity contribution is 9.13. The van der Waals surface area contributed by atoms with E-state index in [0.29, 0.717) is 21.9 Å². The van der Waals surface area contributed by atoms with Crippen molar-refractivity contribution in [3.63, 3.8) is 0 Å². The first-order chi connectivity index (χ1) is 8.47. The Morgan fingerprint density at radius 2 is 1.94 bits per heavy atom.